The molecule has 0 aromatic carbocycles. The summed E-state index contributed by atoms with van der Waals surface area (Å²) >= 11 is 0.555. The molecule has 4 nitrogen and oxygen atoms in total. The van der Waals surface area contributed by atoms with Crippen LogP contribution in [-0.2, 0) is 10.9 Å². The van der Waals surface area contributed by atoms with Crippen molar-refractivity contribution in [1.29, 1.82) is 0 Å². The van der Waals surface area contributed by atoms with E-state index in [2.05, 4.69) is 4.98 Å². The van der Waals surface area contributed by atoms with Crippen LogP contribution in [0.2, 0.25) is 0 Å². The lowest BCUT2D eigenvalue weighted by molar-refractivity contribution is -0.141. The van der Waals surface area contributed by atoms with Gasteiger partial charge in [-0.15, -0.1) is 11.3 Å². The van der Waals surface area contributed by atoms with Crippen LogP contribution in [0.15, 0.2) is 0 Å². The van der Waals surface area contributed by atoms with Crippen molar-refractivity contribution in [2.45, 2.75) is 32.0 Å². The summed E-state index contributed by atoms with van der Waals surface area (Å²) in [7, 11) is 0. The molecule has 106 valence electrons. The van der Waals surface area contributed by atoms with Crippen LogP contribution in [0.4, 0.5) is 13.2 Å². The smallest absolute Gasteiger partial charge is 0.435 e. The number of carboxylic acid groups (broad SMARTS) is 1. The third-order valence-corrected chi connectivity index (χ3v) is 3.85. The number of aromatic carboxylic acids is 1. The summed E-state index contributed by atoms with van der Waals surface area (Å²) in [5.41, 5.74) is -1.33. The molecule has 1 aliphatic carbocycles. The second-order valence-electron chi connectivity index (χ2n) is 4.25. The number of thiazole rings is 1. The van der Waals surface area contributed by atoms with Gasteiger partial charge in [0, 0.05) is 6.61 Å². The van der Waals surface area contributed by atoms with E-state index in [0.29, 0.717) is 17.9 Å². The molecule has 0 radical (unpaired) electrons. The Labute approximate surface area is 111 Å². The number of aromatic nitrogens is 1. The van der Waals surface area contributed by atoms with Crippen molar-refractivity contribution in [1.82, 2.24) is 4.98 Å². The quantitative estimate of drug-likeness (QED) is 0.905. The summed E-state index contributed by atoms with van der Waals surface area (Å²) < 4.78 is 43.6. The Balaban J connectivity index is 2.38. The molecule has 0 bridgehead atoms. The van der Waals surface area contributed by atoms with Gasteiger partial charge < -0.3 is 9.84 Å². The van der Waals surface area contributed by atoms with Crippen molar-refractivity contribution in [2.75, 3.05) is 6.61 Å². The average molecular weight is 295 g/mol. The van der Waals surface area contributed by atoms with Crippen LogP contribution < -0.4 is 0 Å². The topological polar surface area (TPSA) is 59.4 Å². The Morgan fingerprint density at radius 3 is 2.58 bits per heavy atom. The van der Waals surface area contributed by atoms with Crippen LogP contribution in [0, 0.1) is 5.92 Å². The summed E-state index contributed by atoms with van der Waals surface area (Å²) in [4.78, 5) is 13.6. The van der Waals surface area contributed by atoms with Crippen molar-refractivity contribution < 1.29 is 27.8 Å². The molecule has 1 N–H and O–H groups in total. The van der Waals surface area contributed by atoms with Gasteiger partial charge in [-0.3, -0.25) is 0 Å². The molecule has 1 saturated carbocycles. The molecule has 0 saturated heterocycles. The van der Waals surface area contributed by atoms with E-state index in [1.807, 2.05) is 0 Å². The highest BCUT2D eigenvalue weighted by Crippen LogP contribution is 2.46. The highest BCUT2D eigenvalue weighted by Gasteiger charge is 2.42. The van der Waals surface area contributed by atoms with Gasteiger partial charge in [-0.1, -0.05) is 0 Å². The van der Waals surface area contributed by atoms with Gasteiger partial charge in [0.25, 0.3) is 0 Å². The van der Waals surface area contributed by atoms with E-state index in [9.17, 15) is 18.0 Å². The number of carbonyl (C=O) groups is 1. The molecule has 1 fully saturated rings. The Morgan fingerprint density at radius 2 is 2.21 bits per heavy atom. The van der Waals surface area contributed by atoms with Gasteiger partial charge in [0.1, 0.15) is 16.0 Å². The van der Waals surface area contributed by atoms with Crippen molar-refractivity contribution in [3.63, 3.8) is 0 Å². The van der Waals surface area contributed by atoms with Crippen molar-refractivity contribution >= 4 is 17.3 Å². The Bertz CT molecular complexity index is 482. The molecule has 19 heavy (non-hydrogen) atoms. The van der Waals surface area contributed by atoms with Crippen LogP contribution >= 0.6 is 11.3 Å². The van der Waals surface area contributed by atoms with E-state index in [-0.39, 0.29) is 10.9 Å². The van der Waals surface area contributed by atoms with Gasteiger partial charge in [0.2, 0.25) is 0 Å². The fraction of sp³-hybridized carbons (Fsp3) is 0.636. The van der Waals surface area contributed by atoms with Crippen molar-refractivity contribution in [2.24, 2.45) is 5.92 Å². The lowest BCUT2D eigenvalue weighted by atomic mass is 10.2. The second kappa shape index (κ2) is 5.09. The molecular formula is C11H12F3NO3S. The second-order valence-corrected chi connectivity index (χ2v) is 5.28. The first-order valence-corrected chi connectivity index (χ1v) is 6.59. The highest BCUT2D eigenvalue weighted by atomic mass is 32.1. The zero-order valence-corrected chi connectivity index (χ0v) is 10.8. The molecule has 1 atom stereocenters. The lowest BCUT2D eigenvalue weighted by Gasteiger charge is -2.12. The first kappa shape index (κ1) is 14.3. The molecule has 1 aliphatic rings. The average Bonchev–Trinajstić information content (AvgIpc) is 3.01. The number of hydrogen-bond donors (Lipinski definition) is 1. The van der Waals surface area contributed by atoms with E-state index in [0.717, 1.165) is 12.8 Å². The van der Waals surface area contributed by atoms with E-state index in [4.69, 9.17) is 9.84 Å². The summed E-state index contributed by atoms with van der Waals surface area (Å²) in [5, 5.41) is 8.94. The number of hydrogen-bond acceptors (Lipinski definition) is 4. The molecule has 1 unspecified atom stereocenters. The lowest BCUT2D eigenvalue weighted by Crippen LogP contribution is -2.12. The molecule has 2 rings (SSSR count). The zero-order chi connectivity index (χ0) is 14.2. The minimum Gasteiger partial charge on any atom is -0.477 e. The van der Waals surface area contributed by atoms with Crippen molar-refractivity contribution in [3.05, 3.63) is 15.6 Å². The molecular weight excluding hydrogens is 283 g/mol. The van der Waals surface area contributed by atoms with Crippen LogP contribution in [0.25, 0.3) is 0 Å². The van der Waals surface area contributed by atoms with Gasteiger partial charge >= 0.3 is 12.1 Å². The van der Waals surface area contributed by atoms with E-state index in [1.54, 1.807) is 6.92 Å². The standard InChI is InChI=1S/C11H12F3NO3S/c1-2-18-6(5-3-4-5)9-15-8(11(12,13)14)7(19-9)10(16)17/h5-6H,2-4H2,1H3,(H,16,17). The third-order valence-electron chi connectivity index (χ3n) is 2.75. The summed E-state index contributed by atoms with van der Waals surface area (Å²) in [5.74, 6) is -1.46. The fourth-order valence-electron chi connectivity index (χ4n) is 1.78. The monoisotopic (exact) mass is 295 g/mol. The predicted molar refractivity (Wildman–Crippen MR) is 61.2 cm³/mol. The predicted octanol–water partition coefficient (Wildman–Crippen LogP) is 3.35. The van der Waals surface area contributed by atoms with Gasteiger partial charge in [0.05, 0.1) is 0 Å². The number of ether oxygens (including phenoxy) is 1. The largest absolute Gasteiger partial charge is 0.477 e. The van der Waals surface area contributed by atoms with E-state index < -0.39 is 28.8 Å². The summed E-state index contributed by atoms with van der Waals surface area (Å²) in [6.45, 7) is 2.09. The molecule has 1 aromatic heterocycles. The number of nitrogens with zero attached hydrogens (tertiary/aromatic N) is 1. The maximum atomic E-state index is 12.7. The minimum atomic E-state index is -4.76. The number of rotatable bonds is 5. The minimum absolute atomic E-state index is 0.106. The number of carboxylic acids is 1. The van der Waals surface area contributed by atoms with Crippen LogP contribution in [0.3, 0.4) is 0 Å². The van der Waals surface area contributed by atoms with Crippen molar-refractivity contribution in [3.8, 4) is 0 Å². The maximum absolute atomic E-state index is 12.7. The van der Waals surface area contributed by atoms with Crippen LogP contribution in [0.1, 0.15) is 46.2 Å². The number of halogens is 3. The molecule has 0 spiro atoms. The SMILES string of the molecule is CCOC(c1nc(C(F)(F)F)c(C(=O)O)s1)C1CC1. The molecule has 0 amide bonds. The van der Waals surface area contributed by atoms with Gasteiger partial charge in [-0.05, 0) is 25.7 Å². The molecule has 1 aromatic rings. The molecule has 0 aliphatic heterocycles. The van der Waals surface area contributed by atoms with Gasteiger partial charge in [-0.2, -0.15) is 13.2 Å². The Morgan fingerprint density at radius 1 is 1.58 bits per heavy atom. The summed E-state index contributed by atoms with van der Waals surface area (Å²) in [6.07, 6.45) is -3.55. The first-order valence-electron chi connectivity index (χ1n) is 5.77. The Hall–Kier alpha value is -1.15. The third kappa shape index (κ3) is 3.06. The summed E-state index contributed by atoms with van der Waals surface area (Å²) in [6, 6.07) is 0. The normalized spacial score (nSPS) is 17.5. The molecule has 1 heterocycles. The zero-order valence-electron chi connectivity index (χ0n) is 10.0. The van der Waals surface area contributed by atoms with E-state index >= 15 is 0 Å². The van der Waals surface area contributed by atoms with Gasteiger partial charge in [-0.25, -0.2) is 9.78 Å². The van der Waals surface area contributed by atoms with Gasteiger partial charge in [0.15, 0.2) is 5.69 Å². The first-order chi connectivity index (χ1) is 8.84. The van der Waals surface area contributed by atoms with Crippen LogP contribution in [0.5, 0.6) is 0 Å². The van der Waals surface area contributed by atoms with Crippen LogP contribution in [-0.4, -0.2) is 22.7 Å². The molecule has 8 heteroatoms. The maximum Gasteiger partial charge on any atom is 0.435 e. The number of alkyl halides is 3. The van der Waals surface area contributed by atoms with E-state index in [1.165, 1.54) is 0 Å². The fourth-order valence-corrected chi connectivity index (χ4v) is 2.85. The highest BCUT2D eigenvalue weighted by molar-refractivity contribution is 7.13. The Kier molecular flexibility index (Phi) is 3.82.